The van der Waals surface area contributed by atoms with Gasteiger partial charge in [0.25, 0.3) is 17.7 Å². The van der Waals surface area contributed by atoms with Crippen molar-refractivity contribution in [3.05, 3.63) is 68.7 Å². The van der Waals surface area contributed by atoms with E-state index in [0.717, 1.165) is 11.4 Å². The number of benzene rings is 2. The summed E-state index contributed by atoms with van der Waals surface area (Å²) in [6.45, 7) is -0.0138. The lowest BCUT2D eigenvalue weighted by Gasteiger charge is -2.31. The molecule has 1 aliphatic heterocycles. The Balaban J connectivity index is 1.53. The number of halogens is 5. The van der Waals surface area contributed by atoms with Gasteiger partial charge in [-0.25, -0.2) is 5.01 Å². The molecular weight excluding hydrogens is 618 g/mol. The van der Waals surface area contributed by atoms with E-state index in [9.17, 15) is 14.4 Å². The van der Waals surface area contributed by atoms with Crippen molar-refractivity contribution in [2.75, 3.05) is 0 Å². The average Bonchev–Trinajstić information content (AvgIpc) is 3.40. The number of hydrogen-bond acceptors (Lipinski definition) is 3. The molecule has 10 heteroatoms. The third kappa shape index (κ3) is 3.84. The molecule has 0 N–H and O–H groups in total. The van der Waals surface area contributed by atoms with Crippen LogP contribution in [0.15, 0.2) is 42.5 Å². The van der Waals surface area contributed by atoms with Crippen molar-refractivity contribution in [2.24, 2.45) is 23.7 Å². The predicted molar refractivity (Wildman–Crippen MR) is 134 cm³/mol. The summed E-state index contributed by atoms with van der Waals surface area (Å²) in [5.74, 6) is -1.92. The fourth-order valence-electron chi connectivity index (χ4n) is 5.36. The SMILES string of the molecule is O=C(c1ccc(Cl)cc1)N(Cc1ccc(Cl)c(Cl)c1)N1C(=O)[C@@H]2[C@H]3C[C@@H]([C@H](Br)[C@H]3Br)[C@@H]2C1=O. The lowest BCUT2D eigenvalue weighted by molar-refractivity contribution is -0.156. The predicted octanol–water partition coefficient (Wildman–Crippen LogP) is 5.98. The van der Waals surface area contributed by atoms with E-state index >= 15 is 0 Å². The molecule has 172 valence electrons. The molecule has 1 heterocycles. The Morgan fingerprint density at radius 1 is 0.909 bits per heavy atom. The first kappa shape index (κ1) is 23.6. The van der Waals surface area contributed by atoms with E-state index in [1.165, 1.54) is 5.01 Å². The van der Waals surface area contributed by atoms with Crippen molar-refractivity contribution in [3.8, 4) is 0 Å². The van der Waals surface area contributed by atoms with Crippen molar-refractivity contribution < 1.29 is 14.4 Å². The third-order valence-corrected chi connectivity index (χ3v) is 11.0. The van der Waals surface area contributed by atoms with Gasteiger partial charge in [0.15, 0.2) is 0 Å². The van der Waals surface area contributed by atoms with Gasteiger partial charge in [-0.2, -0.15) is 5.01 Å². The van der Waals surface area contributed by atoms with Crippen LogP contribution in [0.2, 0.25) is 15.1 Å². The average molecular weight is 636 g/mol. The third-order valence-electron chi connectivity index (χ3n) is 6.85. The highest BCUT2D eigenvalue weighted by Crippen LogP contribution is 2.60. The van der Waals surface area contributed by atoms with Gasteiger partial charge in [-0.3, -0.25) is 14.4 Å². The zero-order chi connectivity index (χ0) is 23.6. The van der Waals surface area contributed by atoms with E-state index < -0.39 is 17.7 Å². The van der Waals surface area contributed by atoms with Crippen LogP contribution in [0.4, 0.5) is 0 Å². The standard InChI is InChI=1S/C23H17Br2Cl3N2O3/c24-19-13-8-14(20(19)25)18-17(13)22(32)30(23(18)33)29(9-10-1-6-15(27)16(28)7-10)21(31)11-2-4-12(26)5-3-11/h1-7,13-14,17-20H,8-9H2/t13-,14-,17-,18+,19+,20+/m1/s1. The van der Waals surface area contributed by atoms with E-state index in [2.05, 4.69) is 31.9 Å². The molecule has 3 aliphatic rings. The Kier molecular flexibility index (Phi) is 6.32. The molecule has 5 rings (SSSR count). The van der Waals surface area contributed by atoms with Crippen LogP contribution in [0.3, 0.4) is 0 Å². The summed E-state index contributed by atoms with van der Waals surface area (Å²) in [4.78, 5) is 41.0. The molecule has 2 aliphatic carbocycles. The zero-order valence-electron chi connectivity index (χ0n) is 16.9. The number of hydrogen-bond donors (Lipinski definition) is 0. The van der Waals surface area contributed by atoms with E-state index in [0.29, 0.717) is 26.2 Å². The molecule has 0 radical (unpaired) electrons. The summed E-state index contributed by atoms with van der Waals surface area (Å²) >= 11 is 25.6. The van der Waals surface area contributed by atoms with Gasteiger partial charge < -0.3 is 0 Å². The Morgan fingerprint density at radius 2 is 1.48 bits per heavy atom. The maximum Gasteiger partial charge on any atom is 0.273 e. The molecule has 0 spiro atoms. The van der Waals surface area contributed by atoms with Crippen LogP contribution in [0.1, 0.15) is 22.3 Å². The molecule has 2 aromatic rings. The first-order chi connectivity index (χ1) is 15.7. The number of nitrogens with zero attached hydrogens (tertiary/aromatic N) is 2. The molecular formula is C23H17Br2Cl3N2O3. The van der Waals surface area contributed by atoms with Crippen molar-refractivity contribution in [1.82, 2.24) is 10.0 Å². The van der Waals surface area contributed by atoms with E-state index in [-0.39, 0.29) is 39.8 Å². The van der Waals surface area contributed by atoms with Crippen LogP contribution >= 0.6 is 66.7 Å². The molecule has 2 saturated carbocycles. The van der Waals surface area contributed by atoms with Gasteiger partial charge >= 0.3 is 0 Å². The van der Waals surface area contributed by atoms with Gasteiger partial charge in [0, 0.05) is 20.2 Å². The molecule has 2 bridgehead atoms. The maximum absolute atomic E-state index is 13.6. The molecule has 1 saturated heterocycles. The molecule has 3 fully saturated rings. The normalized spacial score (nSPS) is 30.2. The number of imide groups is 1. The minimum absolute atomic E-state index is 0.0138. The van der Waals surface area contributed by atoms with Gasteiger partial charge in [0.05, 0.1) is 28.4 Å². The highest BCUT2D eigenvalue weighted by Gasteiger charge is 2.67. The summed E-state index contributed by atoms with van der Waals surface area (Å²) in [5, 5.41) is 3.46. The quantitative estimate of drug-likeness (QED) is 0.307. The Labute approximate surface area is 222 Å². The minimum atomic E-state index is -0.474. The molecule has 33 heavy (non-hydrogen) atoms. The van der Waals surface area contributed by atoms with Crippen molar-refractivity contribution in [2.45, 2.75) is 22.6 Å². The second-order valence-electron chi connectivity index (χ2n) is 8.61. The van der Waals surface area contributed by atoms with Gasteiger partial charge in [0.2, 0.25) is 0 Å². The summed E-state index contributed by atoms with van der Waals surface area (Å²) in [6.07, 6.45) is 0.810. The van der Waals surface area contributed by atoms with Gasteiger partial charge in [-0.15, -0.1) is 0 Å². The number of alkyl halides is 2. The zero-order valence-corrected chi connectivity index (χ0v) is 22.4. The second kappa shape index (κ2) is 8.83. The molecule has 6 atom stereocenters. The van der Waals surface area contributed by atoms with Crippen LogP contribution in [-0.2, 0) is 16.1 Å². The number of hydrazine groups is 1. The maximum atomic E-state index is 13.6. The monoisotopic (exact) mass is 632 g/mol. The highest BCUT2D eigenvalue weighted by molar-refractivity contribution is 9.12. The van der Waals surface area contributed by atoms with Gasteiger partial charge in [0.1, 0.15) is 0 Å². The Hall–Kier alpha value is -1.12. The molecule has 2 aromatic carbocycles. The van der Waals surface area contributed by atoms with E-state index in [1.54, 1.807) is 42.5 Å². The molecule has 0 unspecified atom stereocenters. The first-order valence-corrected chi connectivity index (χ1v) is 13.3. The largest absolute Gasteiger partial charge is 0.273 e. The van der Waals surface area contributed by atoms with Gasteiger partial charge in [-0.1, -0.05) is 72.7 Å². The second-order valence-corrected chi connectivity index (χ2v) is 12.0. The first-order valence-electron chi connectivity index (χ1n) is 10.4. The molecule has 5 nitrogen and oxygen atoms in total. The topological polar surface area (TPSA) is 57.7 Å². The van der Waals surface area contributed by atoms with Crippen LogP contribution in [-0.4, -0.2) is 37.4 Å². The summed E-state index contributed by atoms with van der Waals surface area (Å²) in [6, 6.07) is 11.3. The summed E-state index contributed by atoms with van der Waals surface area (Å²) in [7, 11) is 0. The smallest absolute Gasteiger partial charge is 0.272 e. The lowest BCUT2D eigenvalue weighted by Crippen LogP contribution is -2.50. The number of carbonyl (C=O) groups is 3. The van der Waals surface area contributed by atoms with E-state index in [1.807, 2.05) is 0 Å². The number of rotatable bonds is 4. The fourth-order valence-corrected chi connectivity index (χ4v) is 7.68. The summed E-state index contributed by atoms with van der Waals surface area (Å²) < 4.78 is 0. The number of amides is 3. The number of carbonyl (C=O) groups excluding carboxylic acids is 3. The number of fused-ring (bicyclic) bond motifs is 5. The van der Waals surface area contributed by atoms with E-state index in [4.69, 9.17) is 34.8 Å². The molecule has 3 amide bonds. The van der Waals surface area contributed by atoms with Crippen LogP contribution in [0.25, 0.3) is 0 Å². The van der Waals surface area contributed by atoms with Crippen molar-refractivity contribution in [3.63, 3.8) is 0 Å². The lowest BCUT2D eigenvalue weighted by atomic mass is 9.81. The summed E-state index contributed by atoms with van der Waals surface area (Å²) in [5.41, 5.74) is 0.959. The minimum Gasteiger partial charge on any atom is -0.272 e. The van der Waals surface area contributed by atoms with Crippen molar-refractivity contribution >= 4 is 84.4 Å². The fraction of sp³-hybridized carbons (Fsp3) is 0.348. The van der Waals surface area contributed by atoms with Crippen molar-refractivity contribution in [1.29, 1.82) is 0 Å². The van der Waals surface area contributed by atoms with Crippen LogP contribution in [0.5, 0.6) is 0 Å². The molecule has 0 aromatic heterocycles. The van der Waals surface area contributed by atoms with Gasteiger partial charge in [-0.05, 0) is 60.2 Å². The Bertz CT molecular complexity index is 1130. The Morgan fingerprint density at radius 3 is 2.03 bits per heavy atom. The van der Waals surface area contributed by atoms with Crippen LogP contribution < -0.4 is 0 Å². The van der Waals surface area contributed by atoms with Crippen LogP contribution in [0, 0.1) is 23.7 Å². The highest BCUT2D eigenvalue weighted by atomic mass is 79.9.